The second-order valence-corrected chi connectivity index (χ2v) is 6.67. The lowest BCUT2D eigenvalue weighted by Gasteiger charge is -2.27. The average molecular weight is 260 g/mol. The van der Waals surface area contributed by atoms with E-state index in [1.165, 1.54) is 0 Å². The van der Waals surface area contributed by atoms with Crippen molar-refractivity contribution in [2.45, 2.75) is 18.2 Å². The molecule has 0 amide bonds. The molecule has 0 aromatic heterocycles. The first-order valence-electron chi connectivity index (χ1n) is 5.23. The zero-order valence-electron chi connectivity index (χ0n) is 8.82. The lowest BCUT2D eigenvalue weighted by Crippen LogP contribution is -2.47. The van der Waals surface area contributed by atoms with E-state index in [0.29, 0.717) is 5.02 Å². The van der Waals surface area contributed by atoms with Crippen LogP contribution >= 0.6 is 11.6 Å². The Morgan fingerprint density at radius 1 is 1.31 bits per heavy atom. The van der Waals surface area contributed by atoms with Crippen molar-refractivity contribution in [2.24, 2.45) is 0 Å². The second-order valence-electron chi connectivity index (χ2n) is 4.12. The molecule has 3 nitrogen and oxygen atoms in total. The fourth-order valence-electron chi connectivity index (χ4n) is 1.69. The van der Waals surface area contributed by atoms with Crippen molar-refractivity contribution in [1.29, 1.82) is 0 Å². The molecule has 2 rings (SSSR count). The third-order valence-electron chi connectivity index (χ3n) is 2.68. The van der Waals surface area contributed by atoms with Crippen LogP contribution in [0.1, 0.15) is 12.0 Å². The average Bonchev–Trinajstić information content (AvgIpc) is 2.16. The van der Waals surface area contributed by atoms with Crippen LogP contribution in [0.5, 0.6) is 0 Å². The highest BCUT2D eigenvalue weighted by atomic mass is 35.5. The fraction of sp³-hybridized carbons (Fsp3) is 0.455. The molecule has 0 aliphatic carbocycles. The molecule has 0 bridgehead atoms. The smallest absolute Gasteiger partial charge is 0.155 e. The van der Waals surface area contributed by atoms with Gasteiger partial charge in [-0.15, -0.1) is 0 Å². The molecule has 1 fully saturated rings. The van der Waals surface area contributed by atoms with E-state index in [0.717, 1.165) is 18.5 Å². The Hall–Kier alpha value is -0.580. The molecular weight excluding hydrogens is 246 g/mol. The van der Waals surface area contributed by atoms with Gasteiger partial charge in [-0.2, -0.15) is 0 Å². The van der Waals surface area contributed by atoms with Gasteiger partial charge in [-0.25, -0.2) is 8.42 Å². The summed E-state index contributed by atoms with van der Waals surface area (Å²) in [5, 5.41) is 3.72. The highest BCUT2D eigenvalue weighted by molar-refractivity contribution is 7.90. The highest BCUT2D eigenvalue weighted by Crippen LogP contribution is 2.14. The topological polar surface area (TPSA) is 46.2 Å². The van der Waals surface area contributed by atoms with Crippen LogP contribution in [0.25, 0.3) is 0 Å². The number of benzene rings is 1. The van der Waals surface area contributed by atoms with Crippen LogP contribution in [0.3, 0.4) is 0 Å². The predicted octanol–water partition coefficient (Wildman–Crippen LogP) is 1.62. The third-order valence-corrected chi connectivity index (χ3v) is 4.62. The van der Waals surface area contributed by atoms with Gasteiger partial charge in [0.25, 0.3) is 0 Å². The molecule has 0 saturated carbocycles. The molecule has 0 radical (unpaired) electrons. The number of hydrogen-bond donors (Lipinski definition) is 1. The quantitative estimate of drug-likeness (QED) is 0.894. The Balaban J connectivity index is 1.99. The van der Waals surface area contributed by atoms with Gasteiger partial charge >= 0.3 is 0 Å². The van der Waals surface area contributed by atoms with Crippen molar-refractivity contribution in [3.8, 4) is 0 Å². The monoisotopic (exact) mass is 259 g/mol. The van der Waals surface area contributed by atoms with E-state index in [1.54, 1.807) is 24.3 Å². The molecule has 1 N–H and O–H groups in total. The first kappa shape index (κ1) is 11.9. The highest BCUT2D eigenvalue weighted by Gasteiger charge is 2.23. The predicted molar refractivity (Wildman–Crippen MR) is 65.4 cm³/mol. The van der Waals surface area contributed by atoms with E-state index in [-0.39, 0.29) is 17.5 Å². The van der Waals surface area contributed by atoms with Gasteiger partial charge in [-0.1, -0.05) is 23.7 Å². The van der Waals surface area contributed by atoms with Crippen molar-refractivity contribution in [3.05, 3.63) is 34.9 Å². The minimum atomic E-state index is -3.01. The Labute approximate surface area is 101 Å². The summed E-state index contributed by atoms with van der Waals surface area (Å²) in [6, 6.07) is 7.10. The van der Waals surface area contributed by atoms with Crippen molar-refractivity contribution >= 4 is 21.4 Å². The van der Waals surface area contributed by atoms with Gasteiger partial charge in [0.15, 0.2) is 9.84 Å². The summed E-state index contributed by atoms with van der Waals surface area (Å²) >= 11 is 5.74. The van der Waals surface area contributed by atoms with Crippen molar-refractivity contribution < 1.29 is 8.42 Å². The number of halogens is 1. The van der Waals surface area contributed by atoms with Gasteiger partial charge in [0.2, 0.25) is 0 Å². The minimum absolute atomic E-state index is 0.0996. The summed E-state index contributed by atoms with van der Waals surface area (Å²) in [6.07, 6.45) is 0.958. The van der Waals surface area contributed by atoms with Crippen molar-refractivity contribution in [1.82, 2.24) is 5.32 Å². The molecule has 1 aromatic carbocycles. The Morgan fingerprint density at radius 2 is 1.94 bits per heavy atom. The molecular formula is C11H14ClNO2S. The Morgan fingerprint density at radius 3 is 2.44 bits per heavy atom. The van der Waals surface area contributed by atoms with Crippen molar-refractivity contribution in [2.75, 3.05) is 12.3 Å². The van der Waals surface area contributed by atoms with E-state index < -0.39 is 9.84 Å². The maximum atomic E-state index is 11.8. The summed E-state index contributed by atoms with van der Waals surface area (Å²) < 4.78 is 23.6. The summed E-state index contributed by atoms with van der Waals surface area (Å²) in [5.41, 5.74) is 0.795. The van der Waals surface area contributed by atoms with Gasteiger partial charge in [-0.3, -0.25) is 0 Å². The van der Waals surface area contributed by atoms with Gasteiger partial charge in [-0.05, 0) is 30.7 Å². The van der Waals surface area contributed by atoms with Crippen LogP contribution in [0.4, 0.5) is 0 Å². The number of sulfone groups is 1. The maximum absolute atomic E-state index is 11.8. The number of hydrogen-bond acceptors (Lipinski definition) is 3. The first-order chi connectivity index (χ1) is 7.55. The Kier molecular flexibility index (Phi) is 3.52. The largest absolute Gasteiger partial charge is 0.313 e. The molecule has 1 aliphatic rings. The molecule has 5 heteroatoms. The number of nitrogens with one attached hydrogen (secondary N) is 1. The molecule has 1 aromatic rings. The molecule has 1 unspecified atom stereocenters. The number of rotatable bonds is 4. The fourth-order valence-corrected chi connectivity index (χ4v) is 3.53. The SMILES string of the molecule is O=S(=O)(Cc1ccc(Cl)cc1)CC1CCN1. The van der Waals surface area contributed by atoms with Crippen molar-refractivity contribution in [3.63, 3.8) is 0 Å². The van der Waals surface area contributed by atoms with Crippen LogP contribution in [0.2, 0.25) is 5.02 Å². The molecule has 1 saturated heterocycles. The van der Waals surface area contributed by atoms with Gasteiger partial charge < -0.3 is 5.32 Å². The zero-order chi connectivity index (χ0) is 11.6. The van der Waals surface area contributed by atoms with E-state index in [2.05, 4.69) is 5.32 Å². The summed E-state index contributed by atoms with van der Waals surface area (Å²) in [4.78, 5) is 0. The lowest BCUT2D eigenvalue weighted by atomic mass is 10.1. The molecule has 1 heterocycles. The van der Waals surface area contributed by atoms with Crippen LogP contribution in [-0.4, -0.2) is 26.8 Å². The molecule has 16 heavy (non-hydrogen) atoms. The van der Waals surface area contributed by atoms with Crippen LogP contribution in [0, 0.1) is 0 Å². The summed E-state index contributed by atoms with van der Waals surface area (Å²) in [7, 11) is -3.01. The minimum Gasteiger partial charge on any atom is -0.313 e. The van der Waals surface area contributed by atoms with Gasteiger partial charge in [0.05, 0.1) is 11.5 Å². The van der Waals surface area contributed by atoms with Gasteiger partial charge in [0.1, 0.15) is 0 Å². The van der Waals surface area contributed by atoms with Gasteiger partial charge in [0, 0.05) is 11.1 Å². The standard InChI is InChI=1S/C11H14ClNO2S/c12-10-3-1-9(2-4-10)7-16(14,15)8-11-5-6-13-11/h1-4,11,13H,5-8H2. The molecule has 1 aliphatic heterocycles. The van der Waals surface area contributed by atoms with E-state index >= 15 is 0 Å². The maximum Gasteiger partial charge on any atom is 0.155 e. The molecule has 1 atom stereocenters. The second kappa shape index (κ2) is 4.73. The normalized spacial score (nSPS) is 20.4. The third kappa shape index (κ3) is 3.20. The van der Waals surface area contributed by atoms with Crippen LogP contribution in [0.15, 0.2) is 24.3 Å². The van der Waals surface area contributed by atoms with E-state index in [4.69, 9.17) is 11.6 Å². The zero-order valence-corrected chi connectivity index (χ0v) is 10.4. The van der Waals surface area contributed by atoms with Crippen LogP contribution < -0.4 is 5.32 Å². The molecule has 0 spiro atoms. The van der Waals surface area contributed by atoms with Crippen LogP contribution in [-0.2, 0) is 15.6 Å². The summed E-state index contributed by atoms with van der Waals surface area (Å²) in [5.74, 6) is 0.331. The van der Waals surface area contributed by atoms with E-state index in [1.807, 2.05) is 0 Å². The first-order valence-corrected chi connectivity index (χ1v) is 7.43. The summed E-state index contributed by atoms with van der Waals surface area (Å²) in [6.45, 7) is 0.932. The lowest BCUT2D eigenvalue weighted by molar-refractivity contribution is 0.398. The Bertz CT molecular complexity index is 451. The molecule has 88 valence electrons. The van der Waals surface area contributed by atoms with E-state index in [9.17, 15) is 8.42 Å².